The summed E-state index contributed by atoms with van der Waals surface area (Å²) in [6.45, 7) is 0. The number of fused-ring (bicyclic) bond motifs is 1. The van der Waals surface area contributed by atoms with Gasteiger partial charge in [0.2, 0.25) is 5.78 Å². The first-order valence-electron chi connectivity index (χ1n) is 12.2. The molecule has 0 spiro atoms. The van der Waals surface area contributed by atoms with Crippen LogP contribution in [0.3, 0.4) is 0 Å². The number of hydrogen-bond donors (Lipinski definition) is 0. The van der Waals surface area contributed by atoms with E-state index in [2.05, 4.69) is 0 Å². The molecular weight excluding hydrogens is 557 g/mol. The van der Waals surface area contributed by atoms with E-state index in [-0.39, 0.29) is 33.5 Å². The molecule has 1 heterocycles. The van der Waals surface area contributed by atoms with E-state index < -0.39 is 52.0 Å². The molecule has 42 heavy (non-hydrogen) atoms. The Balaban J connectivity index is 1.47. The molecule has 0 bridgehead atoms. The van der Waals surface area contributed by atoms with E-state index >= 15 is 0 Å². The first kappa shape index (κ1) is 27.9. The molecule has 0 saturated heterocycles. The van der Waals surface area contributed by atoms with Crippen molar-refractivity contribution in [1.29, 1.82) is 0 Å². The summed E-state index contributed by atoms with van der Waals surface area (Å²) in [4.78, 5) is 63.5. The number of imide groups is 1. The number of amides is 2. The third kappa shape index (κ3) is 5.12. The van der Waals surface area contributed by atoms with Crippen molar-refractivity contribution in [2.75, 3.05) is 4.90 Å². The van der Waals surface area contributed by atoms with Gasteiger partial charge in [0.05, 0.1) is 32.9 Å². The van der Waals surface area contributed by atoms with E-state index in [1.807, 2.05) is 0 Å². The zero-order valence-corrected chi connectivity index (χ0v) is 21.2. The van der Waals surface area contributed by atoms with Gasteiger partial charge >= 0.3 is 12.1 Å². The minimum Gasteiger partial charge on any atom is -0.445 e. The largest absolute Gasteiger partial charge is 0.445 e. The summed E-state index contributed by atoms with van der Waals surface area (Å²) in [6.07, 6.45) is -6.39. The van der Waals surface area contributed by atoms with Gasteiger partial charge in [0.15, 0.2) is 6.10 Å². The monoisotopic (exact) mass is 574 g/mol. The topological polar surface area (TPSA) is 124 Å². The van der Waals surface area contributed by atoms with Crippen LogP contribution in [0.5, 0.6) is 0 Å². The van der Waals surface area contributed by atoms with Crippen LogP contribution < -0.4 is 4.90 Å². The van der Waals surface area contributed by atoms with Crippen molar-refractivity contribution in [1.82, 2.24) is 0 Å². The number of anilines is 1. The number of para-hydroxylation sites is 1. The molecule has 4 aromatic carbocycles. The van der Waals surface area contributed by atoms with Crippen LogP contribution in [0.25, 0.3) is 0 Å². The standard InChI is InChI=1S/C30H17F3N2O7/c31-30(32,33)23-8-4-5-9-24(23)34-27(37)21-15-12-19(16-22(21)28(34)38)29(39)42-26(25(36)17-6-2-1-3-7-17)18-10-13-20(14-11-18)35(40)41/h1-16,26H/t26-/m0/s1. The number of rotatable bonds is 7. The molecule has 4 aromatic rings. The Bertz CT molecular complexity index is 1750. The number of non-ortho nitro benzene ring substituents is 1. The summed E-state index contributed by atoms with van der Waals surface area (Å²) in [5, 5.41) is 11.1. The normalized spacial score (nSPS) is 13.5. The highest BCUT2D eigenvalue weighted by Gasteiger charge is 2.43. The van der Waals surface area contributed by atoms with Crippen LogP contribution >= 0.6 is 0 Å². The third-order valence-electron chi connectivity index (χ3n) is 6.50. The second-order valence-corrected chi connectivity index (χ2v) is 9.09. The number of esters is 1. The lowest BCUT2D eigenvalue weighted by atomic mass is 9.99. The molecule has 0 aromatic heterocycles. The van der Waals surface area contributed by atoms with Crippen LogP contribution in [0, 0.1) is 10.1 Å². The molecule has 12 heteroatoms. The lowest BCUT2D eigenvalue weighted by Gasteiger charge is -2.19. The van der Waals surface area contributed by atoms with Crippen molar-refractivity contribution in [3.05, 3.63) is 141 Å². The van der Waals surface area contributed by atoms with Crippen LogP contribution in [-0.2, 0) is 10.9 Å². The van der Waals surface area contributed by atoms with Crippen molar-refractivity contribution in [2.45, 2.75) is 12.3 Å². The Morgan fingerprint density at radius 1 is 0.786 bits per heavy atom. The summed E-state index contributed by atoms with van der Waals surface area (Å²) in [5.41, 5.74) is -2.60. The number of halogens is 3. The first-order valence-corrected chi connectivity index (χ1v) is 12.2. The molecule has 0 radical (unpaired) electrons. The number of benzene rings is 4. The van der Waals surface area contributed by atoms with Crippen molar-refractivity contribution in [3.8, 4) is 0 Å². The Labute approximate surface area is 234 Å². The predicted octanol–water partition coefficient (Wildman–Crippen LogP) is 6.20. The summed E-state index contributed by atoms with van der Waals surface area (Å²) >= 11 is 0. The van der Waals surface area contributed by atoms with E-state index in [0.29, 0.717) is 4.90 Å². The maximum Gasteiger partial charge on any atom is 0.418 e. The summed E-state index contributed by atoms with van der Waals surface area (Å²) in [7, 11) is 0. The lowest BCUT2D eigenvalue weighted by molar-refractivity contribution is -0.384. The zero-order chi connectivity index (χ0) is 30.2. The van der Waals surface area contributed by atoms with E-state index in [9.17, 15) is 42.5 Å². The van der Waals surface area contributed by atoms with Gasteiger partial charge in [0.25, 0.3) is 17.5 Å². The predicted molar refractivity (Wildman–Crippen MR) is 141 cm³/mol. The molecule has 0 saturated carbocycles. The van der Waals surface area contributed by atoms with Crippen LogP contribution in [-0.4, -0.2) is 28.5 Å². The first-order chi connectivity index (χ1) is 20.0. The second kappa shape index (κ2) is 10.7. The smallest absolute Gasteiger partial charge is 0.418 e. The molecule has 210 valence electrons. The zero-order valence-electron chi connectivity index (χ0n) is 21.2. The van der Waals surface area contributed by atoms with Gasteiger partial charge in [-0.25, -0.2) is 9.69 Å². The minimum absolute atomic E-state index is 0.130. The van der Waals surface area contributed by atoms with Gasteiger partial charge in [-0.2, -0.15) is 13.2 Å². The number of nitrogens with zero attached hydrogens (tertiary/aromatic N) is 2. The van der Waals surface area contributed by atoms with Gasteiger partial charge in [0.1, 0.15) is 0 Å². The average Bonchev–Trinajstić information content (AvgIpc) is 3.24. The van der Waals surface area contributed by atoms with Gasteiger partial charge < -0.3 is 4.74 Å². The molecule has 9 nitrogen and oxygen atoms in total. The quantitative estimate of drug-likeness (QED) is 0.0847. The number of nitro groups is 1. The molecule has 0 fully saturated rings. The highest BCUT2D eigenvalue weighted by Crippen LogP contribution is 2.39. The second-order valence-electron chi connectivity index (χ2n) is 9.09. The number of carbonyl (C=O) groups excluding carboxylic acids is 4. The van der Waals surface area contributed by atoms with Gasteiger partial charge in [-0.05, 0) is 42.5 Å². The van der Waals surface area contributed by atoms with Crippen LogP contribution in [0.4, 0.5) is 24.5 Å². The number of Topliss-reactive ketones (excluding diaryl/α,β-unsaturated/α-hetero) is 1. The van der Waals surface area contributed by atoms with E-state index in [1.54, 1.807) is 18.2 Å². The Morgan fingerprint density at radius 3 is 2.05 bits per heavy atom. The Kier molecular flexibility index (Phi) is 7.13. The van der Waals surface area contributed by atoms with Crippen molar-refractivity contribution >= 4 is 34.9 Å². The van der Waals surface area contributed by atoms with E-state index in [4.69, 9.17) is 4.74 Å². The summed E-state index contributed by atoms with van der Waals surface area (Å²) in [5.74, 6) is -3.80. The minimum atomic E-state index is -4.85. The number of ether oxygens (including phenoxy) is 1. The van der Waals surface area contributed by atoms with E-state index in [1.165, 1.54) is 30.3 Å². The molecule has 1 aliphatic heterocycles. The number of ketones is 1. The summed E-state index contributed by atoms with van der Waals surface area (Å²) < 4.78 is 46.3. The van der Waals surface area contributed by atoms with Gasteiger partial charge in [-0.15, -0.1) is 0 Å². The summed E-state index contributed by atoms with van der Waals surface area (Å²) in [6, 6.07) is 20.0. The maximum atomic E-state index is 13.6. The fourth-order valence-corrected chi connectivity index (χ4v) is 4.47. The molecule has 2 amide bonds. The average molecular weight is 574 g/mol. The highest BCUT2D eigenvalue weighted by molar-refractivity contribution is 6.35. The highest BCUT2D eigenvalue weighted by atomic mass is 19.4. The number of hydrogen-bond acceptors (Lipinski definition) is 7. The van der Waals surface area contributed by atoms with Gasteiger partial charge in [0, 0.05) is 23.3 Å². The number of alkyl halides is 3. The Hall–Kier alpha value is -5.65. The molecule has 0 unspecified atom stereocenters. The molecular formula is C30H17F3N2O7. The molecule has 0 N–H and O–H groups in total. The van der Waals surface area contributed by atoms with Crippen molar-refractivity contribution in [3.63, 3.8) is 0 Å². The molecule has 1 atom stereocenters. The van der Waals surface area contributed by atoms with Gasteiger partial charge in [-0.1, -0.05) is 42.5 Å². The molecule has 0 aliphatic carbocycles. The number of carbonyl (C=O) groups is 4. The van der Waals surface area contributed by atoms with E-state index in [0.717, 1.165) is 48.5 Å². The fourth-order valence-electron chi connectivity index (χ4n) is 4.47. The third-order valence-corrected chi connectivity index (χ3v) is 6.50. The van der Waals surface area contributed by atoms with Crippen LogP contribution in [0.15, 0.2) is 97.1 Å². The van der Waals surface area contributed by atoms with Crippen LogP contribution in [0.2, 0.25) is 0 Å². The Morgan fingerprint density at radius 2 is 1.40 bits per heavy atom. The SMILES string of the molecule is O=C(O[C@H](C(=O)c1ccccc1)c1ccc([N+](=O)[O-])cc1)c1ccc2c(c1)C(=O)N(c1ccccc1C(F)(F)F)C2=O. The van der Waals surface area contributed by atoms with Gasteiger partial charge in [-0.3, -0.25) is 24.5 Å². The fraction of sp³-hybridized carbons (Fsp3) is 0.0667. The maximum absolute atomic E-state index is 13.6. The molecule has 5 rings (SSSR count). The number of nitro benzene ring substituents is 1. The van der Waals surface area contributed by atoms with Crippen LogP contribution in [0.1, 0.15) is 58.7 Å². The lowest BCUT2D eigenvalue weighted by Crippen LogP contribution is -2.31. The van der Waals surface area contributed by atoms with Crippen molar-refractivity contribution < 1.29 is 42.0 Å². The van der Waals surface area contributed by atoms with Crippen molar-refractivity contribution in [2.24, 2.45) is 0 Å². The molecule has 1 aliphatic rings.